The van der Waals surface area contributed by atoms with Crippen LogP contribution in [0.1, 0.15) is 25.7 Å². The highest BCUT2D eigenvalue weighted by Gasteiger charge is 2.50. The average molecular weight is 577 g/mol. The largest absolute Gasteiger partial charge is 0.461 e. The van der Waals surface area contributed by atoms with Crippen molar-refractivity contribution in [2.45, 2.75) is 37.4 Å². The topological polar surface area (TPSA) is 66.4 Å². The Morgan fingerprint density at radius 3 is 2.80 bits per heavy atom. The molecule has 4 aliphatic rings. The standard InChI is InChI=1S/C31H31ClF2N6O/c32-23-7-2-5-19-4-1-6-21(24(19)23)26-25(34)27-22(13-36-26)28(39-16-30(17-39)9-10-35-15-30)38-29(37-27)41-18-31-8-3-11-40(31)14-20(33)12-31/h1-2,4-7,13,20,35H,3,8-12,14-18H2/t20-,31+/m1/s1. The molecule has 0 aliphatic carbocycles. The Kier molecular flexibility index (Phi) is 5.89. The molecule has 0 amide bonds. The van der Waals surface area contributed by atoms with E-state index in [0.29, 0.717) is 34.8 Å². The van der Waals surface area contributed by atoms with Crippen LogP contribution in [-0.4, -0.2) is 77.4 Å². The highest BCUT2D eigenvalue weighted by Crippen LogP contribution is 2.44. The zero-order chi connectivity index (χ0) is 27.8. The Labute approximate surface area is 241 Å². The minimum atomic E-state index is -0.858. The van der Waals surface area contributed by atoms with Gasteiger partial charge in [0, 0.05) is 60.2 Å². The molecular formula is C31H31ClF2N6O. The Morgan fingerprint density at radius 1 is 1.12 bits per heavy atom. The first-order valence-electron chi connectivity index (χ1n) is 14.5. The lowest BCUT2D eigenvalue weighted by molar-refractivity contribution is 0.107. The van der Waals surface area contributed by atoms with Gasteiger partial charge in [0.15, 0.2) is 5.82 Å². The fourth-order valence-electron chi connectivity index (χ4n) is 7.63. The van der Waals surface area contributed by atoms with E-state index >= 15 is 4.39 Å². The Balaban J connectivity index is 1.22. The minimum Gasteiger partial charge on any atom is -0.461 e. The van der Waals surface area contributed by atoms with Gasteiger partial charge in [-0.1, -0.05) is 41.9 Å². The smallest absolute Gasteiger partial charge is 0.319 e. The van der Waals surface area contributed by atoms with Crippen molar-refractivity contribution < 1.29 is 13.5 Å². The van der Waals surface area contributed by atoms with Crippen molar-refractivity contribution in [1.29, 1.82) is 0 Å². The summed E-state index contributed by atoms with van der Waals surface area (Å²) >= 11 is 6.58. The molecule has 41 heavy (non-hydrogen) atoms. The monoisotopic (exact) mass is 576 g/mol. The van der Waals surface area contributed by atoms with Crippen LogP contribution in [0.5, 0.6) is 6.01 Å². The maximum Gasteiger partial charge on any atom is 0.319 e. The molecule has 4 aliphatic heterocycles. The molecule has 8 rings (SSSR count). The Morgan fingerprint density at radius 2 is 1.98 bits per heavy atom. The molecule has 0 bridgehead atoms. The highest BCUT2D eigenvalue weighted by molar-refractivity contribution is 6.36. The van der Waals surface area contributed by atoms with E-state index in [9.17, 15) is 4.39 Å². The quantitative estimate of drug-likeness (QED) is 0.342. The second kappa shape index (κ2) is 9.44. The van der Waals surface area contributed by atoms with Crippen molar-refractivity contribution >= 4 is 39.1 Å². The van der Waals surface area contributed by atoms with Gasteiger partial charge < -0.3 is 15.0 Å². The van der Waals surface area contributed by atoms with E-state index in [1.54, 1.807) is 12.3 Å². The fourth-order valence-corrected chi connectivity index (χ4v) is 7.92. The number of nitrogens with one attached hydrogen (secondary N) is 1. The summed E-state index contributed by atoms with van der Waals surface area (Å²) in [4.78, 5) is 18.4. The molecule has 212 valence electrons. The van der Waals surface area contributed by atoms with Gasteiger partial charge in [0.1, 0.15) is 29.8 Å². The number of nitrogens with zero attached hydrogens (tertiary/aromatic N) is 5. The van der Waals surface area contributed by atoms with Crippen LogP contribution in [0.3, 0.4) is 0 Å². The van der Waals surface area contributed by atoms with Gasteiger partial charge in [-0.05, 0) is 43.8 Å². The molecule has 0 saturated carbocycles. The SMILES string of the molecule is Fc1c(-c2cccc3cccc(Cl)c23)ncc2c(N3CC4(CCNC4)C3)nc(OC[C@@]34CCCN3C[C@H](F)C4)nc12. The third-order valence-corrected chi connectivity index (χ3v) is 9.98. The minimum absolute atomic E-state index is 0.119. The molecule has 1 spiro atoms. The Hall–Kier alpha value is -3.14. The maximum absolute atomic E-state index is 16.5. The number of anilines is 1. The number of fused-ring (bicyclic) bond motifs is 3. The van der Waals surface area contributed by atoms with Crippen molar-refractivity contribution in [3.8, 4) is 17.3 Å². The molecule has 2 aromatic carbocycles. The number of aromatic nitrogens is 3. The van der Waals surface area contributed by atoms with Crippen molar-refractivity contribution in [3.63, 3.8) is 0 Å². The molecule has 7 nitrogen and oxygen atoms in total. The molecule has 2 aromatic heterocycles. The number of rotatable bonds is 5. The van der Waals surface area contributed by atoms with Gasteiger partial charge in [-0.2, -0.15) is 9.97 Å². The number of alkyl halides is 1. The van der Waals surface area contributed by atoms with E-state index in [0.717, 1.165) is 62.8 Å². The van der Waals surface area contributed by atoms with Crippen molar-refractivity contribution in [2.24, 2.45) is 5.41 Å². The molecule has 6 heterocycles. The number of hydrogen-bond donors (Lipinski definition) is 1. The summed E-state index contributed by atoms with van der Waals surface area (Å²) in [5.74, 6) is 0.0959. The maximum atomic E-state index is 16.5. The lowest BCUT2D eigenvalue weighted by Crippen LogP contribution is -2.58. The first-order chi connectivity index (χ1) is 19.9. The number of ether oxygens (including phenoxy) is 1. The highest BCUT2D eigenvalue weighted by atomic mass is 35.5. The molecule has 4 aromatic rings. The predicted molar refractivity (Wildman–Crippen MR) is 156 cm³/mol. The number of hydrogen-bond acceptors (Lipinski definition) is 7. The first-order valence-corrected chi connectivity index (χ1v) is 14.8. The van der Waals surface area contributed by atoms with Gasteiger partial charge in [0.05, 0.1) is 10.9 Å². The van der Waals surface area contributed by atoms with Crippen LogP contribution in [0.4, 0.5) is 14.6 Å². The first kappa shape index (κ1) is 25.6. The molecule has 10 heteroatoms. The van der Waals surface area contributed by atoms with Crippen LogP contribution in [-0.2, 0) is 0 Å². The van der Waals surface area contributed by atoms with Crippen LogP contribution in [0.25, 0.3) is 32.9 Å². The van der Waals surface area contributed by atoms with Gasteiger partial charge in [-0.3, -0.25) is 9.88 Å². The zero-order valence-electron chi connectivity index (χ0n) is 22.7. The van der Waals surface area contributed by atoms with E-state index in [-0.39, 0.29) is 34.8 Å². The molecule has 0 unspecified atom stereocenters. The van der Waals surface area contributed by atoms with Gasteiger partial charge in [0.25, 0.3) is 0 Å². The van der Waals surface area contributed by atoms with Gasteiger partial charge in [-0.15, -0.1) is 0 Å². The fraction of sp³-hybridized carbons (Fsp3) is 0.452. The number of pyridine rings is 1. The summed E-state index contributed by atoms with van der Waals surface area (Å²) in [6.45, 7) is 5.23. The lowest BCUT2D eigenvalue weighted by Gasteiger charge is -2.48. The summed E-state index contributed by atoms with van der Waals surface area (Å²) in [6.07, 6.45) is 4.25. The van der Waals surface area contributed by atoms with Crippen LogP contribution in [0, 0.1) is 11.2 Å². The molecule has 1 N–H and O–H groups in total. The van der Waals surface area contributed by atoms with E-state index in [1.807, 2.05) is 30.3 Å². The van der Waals surface area contributed by atoms with Crippen molar-refractivity contribution in [1.82, 2.24) is 25.2 Å². The van der Waals surface area contributed by atoms with Crippen LogP contribution in [0.2, 0.25) is 5.02 Å². The summed E-state index contributed by atoms with van der Waals surface area (Å²) in [6, 6.07) is 11.4. The second-order valence-electron chi connectivity index (χ2n) is 12.3. The normalized spacial score (nSPS) is 25.3. The van der Waals surface area contributed by atoms with Crippen LogP contribution in [0.15, 0.2) is 42.6 Å². The van der Waals surface area contributed by atoms with Crippen LogP contribution >= 0.6 is 11.6 Å². The van der Waals surface area contributed by atoms with Gasteiger partial charge in [0.2, 0.25) is 0 Å². The lowest BCUT2D eigenvalue weighted by atomic mass is 9.79. The summed E-state index contributed by atoms with van der Waals surface area (Å²) in [7, 11) is 0. The van der Waals surface area contributed by atoms with Crippen molar-refractivity contribution in [3.05, 3.63) is 53.4 Å². The van der Waals surface area contributed by atoms with E-state index in [1.165, 1.54) is 0 Å². The van der Waals surface area contributed by atoms with Gasteiger partial charge >= 0.3 is 6.01 Å². The third-order valence-electron chi connectivity index (χ3n) is 9.67. The number of halogens is 3. The molecular weight excluding hydrogens is 546 g/mol. The van der Waals surface area contributed by atoms with E-state index in [4.69, 9.17) is 21.3 Å². The van der Waals surface area contributed by atoms with Crippen molar-refractivity contribution in [2.75, 3.05) is 50.8 Å². The third kappa shape index (κ3) is 4.07. The zero-order valence-corrected chi connectivity index (χ0v) is 23.4. The van der Waals surface area contributed by atoms with Gasteiger partial charge in [-0.25, -0.2) is 8.78 Å². The Bertz CT molecular complexity index is 1670. The van der Waals surface area contributed by atoms with E-state index < -0.39 is 12.0 Å². The summed E-state index contributed by atoms with van der Waals surface area (Å²) < 4.78 is 37.1. The van der Waals surface area contributed by atoms with E-state index in [2.05, 4.69) is 25.1 Å². The average Bonchev–Trinajstić information content (AvgIpc) is 3.66. The predicted octanol–water partition coefficient (Wildman–Crippen LogP) is 5.39. The van der Waals surface area contributed by atoms with Crippen LogP contribution < -0.4 is 15.0 Å². The second-order valence-corrected chi connectivity index (χ2v) is 12.7. The number of benzene rings is 2. The molecule has 4 fully saturated rings. The summed E-state index contributed by atoms with van der Waals surface area (Å²) in [5.41, 5.74) is 0.822. The molecule has 4 saturated heterocycles. The summed E-state index contributed by atoms with van der Waals surface area (Å²) in [5, 5.41) is 6.20. The molecule has 2 atom stereocenters. The molecule has 0 radical (unpaired) electrons.